The number of hydrogen-bond acceptors (Lipinski definition) is 3. The molecule has 1 aliphatic carbocycles. The van der Waals surface area contributed by atoms with Crippen molar-refractivity contribution in [3.05, 3.63) is 66.2 Å². The number of imide groups is 1. The first-order valence-corrected chi connectivity index (χ1v) is 10.1. The molecule has 1 saturated heterocycles. The summed E-state index contributed by atoms with van der Waals surface area (Å²) in [5.41, 5.74) is 1.49. The lowest BCUT2D eigenvalue weighted by Gasteiger charge is -2.45. The van der Waals surface area contributed by atoms with Crippen LogP contribution in [0.3, 0.4) is 0 Å². The molecule has 0 radical (unpaired) electrons. The average molecular weight is 378 g/mol. The first-order valence-electron chi connectivity index (χ1n) is 10.1. The molecule has 2 fully saturated rings. The highest BCUT2D eigenvalue weighted by Crippen LogP contribution is 2.38. The molecule has 1 aliphatic heterocycles. The lowest BCUT2D eigenvalue weighted by atomic mass is 9.77. The van der Waals surface area contributed by atoms with Crippen molar-refractivity contribution in [2.24, 2.45) is 11.8 Å². The third-order valence-electron chi connectivity index (χ3n) is 5.95. The van der Waals surface area contributed by atoms with E-state index in [2.05, 4.69) is 0 Å². The third-order valence-corrected chi connectivity index (χ3v) is 5.95. The number of urea groups is 1. The van der Waals surface area contributed by atoms with Gasteiger partial charge < -0.3 is 5.11 Å². The van der Waals surface area contributed by atoms with Crippen LogP contribution in [0, 0.1) is 11.8 Å². The van der Waals surface area contributed by atoms with Crippen LogP contribution in [0.4, 0.5) is 10.5 Å². The zero-order chi connectivity index (χ0) is 19.5. The monoisotopic (exact) mass is 378 g/mol. The van der Waals surface area contributed by atoms with E-state index in [0.717, 1.165) is 31.2 Å². The quantitative estimate of drug-likeness (QED) is 0.869. The van der Waals surface area contributed by atoms with Crippen LogP contribution in [0.5, 0.6) is 0 Å². The van der Waals surface area contributed by atoms with Gasteiger partial charge in [-0.2, -0.15) is 0 Å². The summed E-state index contributed by atoms with van der Waals surface area (Å²) in [6.45, 7) is 0.278. The van der Waals surface area contributed by atoms with Gasteiger partial charge in [-0.3, -0.25) is 9.69 Å². The Hall–Kier alpha value is -2.66. The molecule has 2 unspecified atom stereocenters. The Bertz CT molecular complexity index is 818. The second-order valence-corrected chi connectivity index (χ2v) is 7.74. The Balaban J connectivity index is 1.70. The van der Waals surface area contributed by atoms with Gasteiger partial charge in [0.2, 0.25) is 5.91 Å². The summed E-state index contributed by atoms with van der Waals surface area (Å²) < 4.78 is 0. The van der Waals surface area contributed by atoms with Crippen LogP contribution in [-0.4, -0.2) is 28.2 Å². The fraction of sp³-hybridized carbons (Fsp3) is 0.391. The summed E-state index contributed by atoms with van der Waals surface area (Å²) in [5.74, 6) is -0.754. The van der Waals surface area contributed by atoms with Crippen LogP contribution in [0.15, 0.2) is 60.7 Å². The molecule has 2 atom stereocenters. The van der Waals surface area contributed by atoms with Crippen molar-refractivity contribution in [2.45, 2.75) is 44.9 Å². The second kappa shape index (κ2) is 8.15. The molecule has 5 nitrogen and oxygen atoms in total. The Morgan fingerprint density at radius 1 is 0.857 bits per heavy atom. The zero-order valence-electron chi connectivity index (χ0n) is 15.9. The number of nitrogens with zero attached hydrogens (tertiary/aromatic N) is 2. The lowest BCUT2D eigenvalue weighted by Crippen LogP contribution is -2.63. The molecule has 1 N–H and O–H groups in total. The number of carbonyl (C=O) groups excluding carboxylic acids is 2. The zero-order valence-corrected chi connectivity index (χ0v) is 15.9. The SMILES string of the molecule is O=C1C(C2CCCCC2)C(O)N(Cc2ccccc2)C(=O)N1c1ccccc1. The van der Waals surface area contributed by atoms with E-state index in [0.29, 0.717) is 5.69 Å². The number of anilines is 1. The maximum Gasteiger partial charge on any atom is 0.333 e. The van der Waals surface area contributed by atoms with Crippen LogP contribution in [-0.2, 0) is 11.3 Å². The summed E-state index contributed by atoms with van der Waals surface area (Å²) in [6, 6.07) is 18.2. The van der Waals surface area contributed by atoms with Crippen molar-refractivity contribution in [1.82, 2.24) is 4.90 Å². The topological polar surface area (TPSA) is 60.9 Å². The van der Waals surface area contributed by atoms with E-state index in [9.17, 15) is 14.7 Å². The van der Waals surface area contributed by atoms with Gasteiger partial charge in [-0.15, -0.1) is 0 Å². The molecular weight excluding hydrogens is 352 g/mol. The summed E-state index contributed by atoms with van der Waals surface area (Å²) >= 11 is 0. The van der Waals surface area contributed by atoms with Gasteiger partial charge in [-0.25, -0.2) is 9.69 Å². The average Bonchev–Trinajstić information content (AvgIpc) is 2.74. The Kier molecular flexibility index (Phi) is 5.44. The number of aliphatic hydroxyl groups excluding tert-OH is 1. The van der Waals surface area contributed by atoms with Crippen molar-refractivity contribution in [3.63, 3.8) is 0 Å². The van der Waals surface area contributed by atoms with E-state index in [1.807, 2.05) is 48.5 Å². The van der Waals surface area contributed by atoms with Gasteiger partial charge in [0.1, 0.15) is 6.23 Å². The molecule has 2 aromatic rings. The van der Waals surface area contributed by atoms with E-state index in [1.165, 1.54) is 16.2 Å². The van der Waals surface area contributed by atoms with Crippen molar-refractivity contribution in [3.8, 4) is 0 Å². The number of benzene rings is 2. The van der Waals surface area contributed by atoms with Gasteiger partial charge in [0.25, 0.3) is 0 Å². The molecule has 2 aromatic carbocycles. The summed E-state index contributed by atoms with van der Waals surface area (Å²) in [4.78, 5) is 29.3. The molecule has 2 aliphatic rings. The number of carbonyl (C=O) groups is 2. The maximum absolute atomic E-state index is 13.4. The largest absolute Gasteiger partial charge is 0.373 e. The van der Waals surface area contributed by atoms with Crippen LogP contribution in [0.2, 0.25) is 0 Å². The summed E-state index contributed by atoms with van der Waals surface area (Å²) in [6.07, 6.45) is 4.05. The Morgan fingerprint density at radius 2 is 1.46 bits per heavy atom. The molecule has 146 valence electrons. The summed E-state index contributed by atoms with van der Waals surface area (Å²) in [7, 11) is 0. The highest BCUT2D eigenvalue weighted by atomic mass is 16.3. The van der Waals surface area contributed by atoms with E-state index in [4.69, 9.17) is 0 Å². The molecule has 0 spiro atoms. The van der Waals surface area contributed by atoms with Crippen molar-refractivity contribution < 1.29 is 14.7 Å². The molecular formula is C23H26N2O3. The third kappa shape index (κ3) is 3.54. The van der Waals surface area contributed by atoms with Gasteiger partial charge in [0, 0.05) is 6.54 Å². The van der Waals surface area contributed by atoms with Crippen molar-refractivity contribution >= 4 is 17.6 Å². The van der Waals surface area contributed by atoms with E-state index in [-0.39, 0.29) is 18.4 Å². The molecule has 4 rings (SSSR count). The van der Waals surface area contributed by atoms with Gasteiger partial charge in [0.05, 0.1) is 11.6 Å². The lowest BCUT2D eigenvalue weighted by molar-refractivity contribution is -0.138. The van der Waals surface area contributed by atoms with E-state index >= 15 is 0 Å². The highest BCUT2D eigenvalue weighted by Gasteiger charge is 2.49. The van der Waals surface area contributed by atoms with Gasteiger partial charge in [0.15, 0.2) is 0 Å². The molecule has 1 saturated carbocycles. The predicted molar refractivity (Wildman–Crippen MR) is 107 cm³/mol. The van der Waals surface area contributed by atoms with Crippen LogP contribution < -0.4 is 4.90 Å². The predicted octanol–water partition coefficient (Wildman–Crippen LogP) is 4.17. The minimum absolute atomic E-state index is 0.105. The van der Waals surface area contributed by atoms with Crippen molar-refractivity contribution in [2.75, 3.05) is 4.90 Å². The van der Waals surface area contributed by atoms with Crippen LogP contribution >= 0.6 is 0 Å². The molecule has 0 aromatic heterocycles. The van der Waals surface area contributed by atoms with Crippen LogP contribution in [0.25, 0.3) is 0 Å². The van der Waals surface area contributed by atoms with Crippen molar-refractivity contribution in [1.29, 1.82) is 0 Å². The minimum Gasteiger partial charge on any atom is -0.373 e. The Morgan fingerprint density at radius 3 is 2.11 bits per heavy atom. The fourth-order valence-electron chi connectivity index (χ4n) is 4.50. The normalized spacial score (nSPS) is 23.9. The van der Waals surface area contributed by atoms with Gasteiger partial charge in [-0.1, -0.05) is 67.8 Å². The molecule has 3 amide bonds. The fourth-order valence-corrected chi connectivity index (χ4v) is 4.50. The maximum atomic E-state index is 13.4. The number of aliphatic hydroxyl groups is 1. The molecule has 0 bridgehead atoms. The standard InChI is InChI=1S/C23H26N2O3/c26-21-20(18-12-6-2-7-13-18)22(27)25(19-14-8-3-9-15-19)23(28)24(21)16-17-10-4-1-5-11-17/h1,3-5,8-11,14-15,18,20-21,26H,2,6-7,12-13,16H2. The Labute approximate surface area is 165 Å². The number of rotatable bonds is 4. The first kappa shape index (κ1) is 18.7. The summed E-state index contributed by atoms with van der Waals surface area (Å²) in [5, 5.41) is 11.1. The minimum atomic E-state index is -1.09. The molecule has 1 heterocycles. The number of amides is 3. The molecule has 28 heavy (non-hydrogen) atoms. The first-order chi connectivity index (χ1) is 13.7. The van der Waals surface area contributed by atoms with E-state index < -0.39 is 18.2 Å². The van der Waals surface area contributed by atoms with E-state index in [1.54, 1.807) is 12.1 Å². The van der Waals surface area contributed by atoms with Gasteiger partial charge in [-0.05, 0) is 36.5 Å². The number of para-hydroxylation sites is 1. The highest BCUT2D eigenvalue weighted by molar-refractivity contribution is 6.16. The number of hydrogen-bond donors (Lipinski definition) is 1. The smallest absolute Gasteiger partial charge is 0.333 e. The second-order valence-electron chi connectivity index (χ2n) is 7.74. The van der Waals surface area contributed by atoms with Gasteiger partial charge >= 0.3 is 6.03 Å². The van der Waals surface area contributed by atoms with Crippen LogP contribution in [0.1, 0.15) is 37.7 Å². The molecule has 5 heteroatoms.